The first-order valence-electron chi connectivity index (χ1n) is 3.68. The minimum atomic E-state index is -1.21. The fraction of sp³-hybridized carbons (Fsp3) is 0.857. The molecule has 2 unspecified atom stereocenters. The molecule has 0 radical (unpaired) electrons. The van der Waals surface area contributed by atoms with Gasteiger partial charge in [0, 0.05) is 6.04 Å². The largest absolute Gasteiger partial charge is 0.382 e. The topological polar surface area (TPSA) is 89.3 Å². The number of carbonyl (C=O) groups is 1. The summed E-state index contributed by atoms with van der Waals surface area (Å²) in [6.45, 7) is 3.93. The lowest BCUT2D eigenvalue weighted by Gasteiger charge is -2.17. The first-order chi connectivity index (χ1) is 4.95. The Kier molecular flexibility index (Phi) is 7.37. The van der Waals surface area contributed by atoms with Crippen LogP contribution >= 0.6 is 12.4 Å². The fourth-order valence-electron chi connectivity index (χ4n) is 0.884. The Balaban J connectivity index is 0. The maximum Gasteiger partial charge on any atom is 0.247 e. The number of hydrogen-bond acceptors (Lipinski definition) is 3. The number of halogens is 1. The molecule has 4 nitrogen and oxygen atoms in total. The Morgan fingerprint density at radius 2 is 1.92 bits per heavy atom. The molecule has 1 amide bonds. The van der Waals surface area contributed by atoms with Crippen LogP contribution in [0.25, 0.3) is 0 Å². The minimum absolute atomic E-state index is 0. The van der Waals surface area contributed by atoms with Crippen molar-refractivity contribution in [3.05, 3.63) is 0 Å². The monoisotopic (exact) mass is 196 g/mol. The van der Waals surface area contributed by atoms with Crippen LogP contribution in [0, 0.1) is 5.92 Å². The lowest BCUT2D eigenvalue weighted by atomic mass is 10.00. The lowest BCUT2D eigenvalue weighted by Crippen LogP contribution is -2.44. The van der Waals surface area contributed by atoms with Gasteiger partial charge in [0.1, 0.15) is 6.10 Å². The summed E-state index contributed by atoms with van der Waals surface area (Å²) in [7, 11) is 0. The van der Waals surface area contributed by atoms with E-state index in [1.807, 2.05) is 13.8 Å². The van der Waals surface area contributed by atoms with Gasteiger partial charge in [0.25, 0.3) is 0 Å². The predicted molar refractivity (Wildman–Crippen MR) is 49.9 cm³/mol. The average molecular weight is 197 g/mol. The zero-order valence-electron chi connectivity index (χ0n) is 7.36. The molecule has 0 spiro atoms. The van der Waals surface area contributed by atoms with Crippen LogP contribution in [0.4, 0.5) is 0 Å². The lowest BCUT2D eigenvalue weighted by molar-refractivity contribution is -0.127. The van der Waals surface area contributed by atoms with E-state index in [0.29, 0.717) is 12.3 Å². The molecular weight excluding hydrogens is 180 g/mol. The molecular formula is C7H17ClN2O2. The molecule has 0 saturated heterocycles. The molecule has 12 heavy (non-hydrogen) atoms. The molecule has 74 valence electrons. The van der Waals surface area contributed by atoms with Crippen molar-refractivity contribution in [1.82, 2.24) is 0 Å². The number of amides is 1. The van der Waals surface area contributed by atoms with Gasteiger partial charge >= 0.3 is 0 Å². The Morgan fingerprint density at radius 1 is 1.50 bits per heavy atom. The van der Waals surface area contributed by atoms with E-state index >= 15 is 0 Å². The number of carbonyl (C=O) groups excluding carboxylic acids is 1. The second-order valence-electron chi connectivity index (χ2n) is 3.14. The van der Waals surface area contributed by atoms with E-state index < -0.39 is 18.1 Å². The first-order valence-corrected chi connectivity index (χ1v) is 3.68. The fourth-order valence-corrected chi connectivity index (χ4v) is 0.884. The van der Waals surface area contributed by atoms with Gasteiger partial charge < -0.3 is 16.6 Å². The highest BCUT2D eigenvalue weighted by Crippen LogP contribution is 2.05. The third kappa shape index (κ3) is 5.35. The number of primary amides is 1. The van der Waals surface area contributed by atoms with Crippen molar-refractivity contribution in [2.45, 2.75) is 32.4 Å². The van der Waals surface area contributed by atoms with Crippen molar-refractivity contribution in [1.29, 1.82) is 0 Å². The smallest absolute Gasteiger partial charge is 0.247 e. The van der Waals surface area contributed by atoms with E-state index in [4.69, 9.17) is 16.6 Å². The molecule has 0 fully saturated rings. The molecule has 0 rings (SSSR count). The van der Waals surface area contributed by atoms with Crippen LogP contribution in [0.15, 0.2) is 0 Å². The van der Waals surface area contributed by atoms with E-state index in [9.17, 15) is 4.79 Å². The predicted octanol–water partition coefficient (Wildman–Crippen LogP) is -0.372. The third-order valence-electron chi connectivity index (χ3n) is 1.44. The molecule has 0 aromatic carbocycles. The maximum atomic E-state index is 10.4. The van der Waals surface area contributed by atoms with E-state index in [2.05, 4.69) is 0 Å². The van der Waals surface area contributed by atoms with Gasteiger partial charge in [0.15, 0.2) is 0 Å². The molecule has 5 heteroatoms. The van der Waals surface area contributed by atoms with E-state index in [-0.39, 0.29) is 12.4 Å². The standard InChI is InChI=1S/C7H16N2O2.ClH/c1-4(2)3-5(8)6(10)7(9)11;/h4-6,10H,3,8H2,1-2H3,(H2,9,11);1H. The Bertz CT molecular complexity index is 141. The van der Waals surface area contributed by atoms with Crippen LogP contribution in [-0.2, 0) is 4.79 Å². The molecule has 5 N–H and O–H groups in total. The first kappa shape index (κ1) is 14.2. The second-order valence-corrected chi connectivity index (χ2v) is 3.14. The summed E-state index contributed by atoms with van der Waals surface area (Å²) < 4.78 is 0. The highest BCUT2D eigenvalue weighted by Gasteiger charge is 2.20. The van der Waals surface area contributed by atoms with Crippen molar-refractivity contribution >= 4 is 18.3 Å². The molecule has 0 aromatic rings. The van der Waals surface area contributed by atoms with Gasteiger partial charge in [0.05, 0.1) is 0 Å². The van der Waals surface area contributed by atoms with Crippen LogP contribution < -0.4 is 11.5 Å². The summed E-state index contributed by atoms with van der Waals surface area (Å²) in [5.41, 5.74) is 10.3. The maximum absolute atomic E-state index is 10.4. The molecule has 0 aliphatic rings. The number of rotatable bonds is 4. The van der Waals surface area contributed by atoms with Crippen LogP contribution in [0.1, 0.15) is 20.3 Å². The Morgan fingerprint density at radius 3 is 2.17 bits per heavy atom. The van der Waals surface area contributed by atoms with Gasteiger partial charge in [-0.15, -0.1) is 12.4 Å². The van der Waals surface area contributed by atoms with Gasteiger partial charge in [-0.25, -0.2) is 0 Å². The van der Waals surface area contributed by atoms with E-state index in [1.54, 1.807) is 0 Å². The zero-order valence-corrected chi connectivity index (χ0v) is 8.17. The van der Waals surface area contributed by atoms with Crippen molar-refractivity contribution in [2.24, 2.45) is 17.4 Å². The van der Waals surface area contributed by atoms with Gasteiger partial charge in [-0.1, -0.05) is 13.8 Å². The second kappa shape index (κ2) is 6.22. The van der Waals surface area contributed by atoms with Gasteiger partial charge in [-0.3, -0.25) is 4.79 Å². The van der Waals surface area contributed by atoms with Crippen LogP contribution in [0.3, 0.4) is 0 Å². The summed E-state index contributed by atoms with van der Waals surface area (Å²) in [5.74, 6) is -0.392. The van der Waals surface area contributed by atoms with Crippen LogP contribution in [0.2, 0.25) is 0 Å². The molecule has 2 atom stereocenters. The number of aliphatic hydroxyl groups is 1. The Hall–Kier alpha value is -0.320. The SMILES string of the molecule is CC(C)CC(N)C(O)C(N)=O.Cl. The highest BCUT2D eigenvalue weighted by molar-refractivity contribution is 5.85. The highest BCUT2D eigenvalue weighted by atomic mass is 35.5. The van der Waals surface area contributed by atoms with Crippen molar-refractivity contribution in [3.63, 3.8) is 0 Å². The summed E-state index contributed by atoms with van der Waals surface area (Å²) in [4.78, 5) is 10.4. The molecule has 0 bridgehead atoms. The molecule has 0 aliphatic carbocycles. The summed E-state index contributed by atoms with van der Waals surface area (Å²) in [6.07, 6.45) is -0.609. The summed E-state index contributed by atoms with van der Waals surface area (Å²) >= 11 is 0. The quantitative estimate of drug-likeness (QED) is 0.573. The number of hydrogen-bond donors (Lipinski definition) is 3. The summed E-state index contributed by atoms with van der Waals surface area (Å²) in [5, 5.41) is 9.04. The normalized spacial score (nSPS) is 15.1. The van der Waals surface area contributed by atoms with Crippen molar-refractivity contribution in [3.8, 4) is 0 Å². The molecule has 0 aliphatic heterocycles. The van der Waals surface area contributed by atoms with Crippen molar-refractivity contribution < 1.29 is 9.90 Å². The third-order valence-corrected chi connectivity index (χ3v) is 1.44. The zero-order chi connectivity index (χ0) is 9.02. The number of aliphatic hydroxyl groups excluding tert-OH is 1. The molecule has 0 aromatic heterocycles. The van der Waals surface area contributed by atoms with Gasteiger partial charge in [0.2, 0.25) is 5.91 Å². The average Bonchev–Trinajstić information content (AvgIpc) is 1.84. The van der Waals surface area contributed by atoms with Crippen molar-refractivity contribution in [2.75, 3.05) is 0 Å². The Labute approximate surface area is 78.7 Å². The van der Waals surface area contributed by atoms with Crippen LogP contribution in [-0.4, -0.2) is 23.2 Å². The molecule has 0 heterocycles. The molecule has 0 saturated carbocycles. The van der Waals surface area contributed by atoms with Gasteiger partial charge in [-0.05, 0) is 12.3 Å². The van der Waals surface area contributed by atoms with E-state index in [1.165, 1.54) is 0 Å². The number of nitrogens with two attached hydrogens (primary N) is 2. The van der Waals surface area contributed by atoms with Crippen LogP contribution in [0.5, 0.6) is 0 Å². The van der Waals surface area contributed by atoms with E-state index in [0.717, 1.165) is 0 Å². The summed E-state index contributed by atoms with van der Waals surface area (Å²) in [6, 6.07) is -0.535. The van der Waals surface area contributed by atoms with Gasteiger partial charge in [-0.2, -0.15) is 0 Å². The minimum Gasteiger partial charge on any atom is -0.382 e.